The fourth-order valence-electron chi connectivity index (χ4n) is 1.85. The van der Waals surface area contributed by atoms with E-state index in [1.807, 2.05) is 12.1 Å². The lowest BCUT2D eigenvalue weighted by Gasteiger charge is -2.24. The molecule has 0 spiro atoms. The number of rotatable bonds is 3. The predicted molar refractivity (Wildman–Crippen MR) is 69.2 cm³/mol. The Bertz CT molecular complexity index is 491. The number of likely N-dealkylation sites (N-methyl/N-ethyl adjacent to an activating group) is 1. The number of hydrogen-bond donors (Lipinski definition) is 1. The highest BCUT2D eigenvalue weighted by Gasteiger charge is 2.09. The van der Waals surface area contributed by atoms with Gasteiger partial charge in [-0.05, 0) is 18.2 Å². The van der Waals surface area contributed by atoms with Crippen LogP contribution in [0.5, 0.6) is 0 Å². The van der Waals surface area contributed by atoms with Crippen molar-refractivity contribution < 1.29 is 4.48 Å². The molecular weight excluding hydrogens is 198 g/mol. The van der Waals surface area contributed by atoms with Crippen LogP contribution in [0.15, 0.2) is 30.5 Å². The van der Waals surface area contributed by atoms with Gasteiger partial charge in [-0.1, -0.05) is 6.07 Å². The van der Waals surface area contributed by atoms with Crippen molar-refractivity contribution in [2.75, 3.05) is 33.4 Å². The van der Waals surface area contributed by atoms with Gasteiger partial charge in [0.15, 0.2) is 0 Å². The normalized spacial score (nSPS) is 12.2. The molecule has 0 atom stereocenters. The van der Waals surface area contributed by atoms with Crippen LogP contribution in [0, 0.1) is 0 Å². The van der Waals surface area contributed by atoms with E-state index >= 15 is 0 Å². The summed E-state index contributed by atoms with van der Waals surface area (Å²) in [6.07, 6.45) is 2.12. The van der Waals surface area contributed by atoms with Gasteiger partial charge in [0.05, 0.1) is 39.7 Å². The van der Waals surface area contributed by atoms with Gasteiger partial charge < -0.3 is 14.8 Å². The van der Waals surface area contributed by atoms with Gasteiger partial charge in [-0.2, -0.15) is 0 Å². The molecule has 16 heavy (non-hydrogen) atoms. The molecular formula is C13H20N3+. The van der Waals surface area contributed by atoms with E-state index in [4.69, 9.17) is 5.73 Å². The molecule has 0 saturated carbocycles. The Morgan fingerprint density at radius 2 is 1.94 bits per heavy atom. The summed E-state index contributed by atoms with van der Waals surface area (Å²) in [7, 11) is 6.63. The molecule has 2 aromatic rings. The Kier molecular flexibility index (Phi) is 2.64. The van der Waals surface area contributed by atoms with Crippen molar-refractivity contribution in [2.45, 2.75) is 6.54 Å². The van der Waals surface area contributed by atoms with Gasteiger partial charge in [0, 0.05) is 17.3 Å². The summed E-state index contributed by atoms with van der Waals surface area (Å²) in [6.45, 7) is 2.13. The number of quaternary nitrogens is 1. The number of benzene rings is 1. The Morgan fingerprint density at radius 1 is 1.19 bits per heavy atom. The van der Waals surface area contributed by atoms with E-state index in [1.165, 1.54) is 5.52 Å². The number of fused-ring (bicyclic) bond motifs is 1. The van der Waals surface area contributed by atoms with Crippen LogP contribution in [0.4, 0.5) is 5.69 Å². The van der Waals surface area contributed by atoms with Crippen molar-refractivity contribution in [3.05, 3.63) is 30.5 Å². The molecule has 0 radical (unpaired) electrons. The third kappa shape index (κ3) is 2.19. The molecule has 0 saturated heterocycles. The van der Waals surface area contributed by atoms with Crippen LogP contribution in [0.3, 0.4) is 0 Å². The number of hydrogen-bond acceptors (Lipinski definition) is 1. The molecule has 1 aromatic heterocycles. The standard InChI is InChI=1S/C13H20N3/c1-16(2,3)10-9-15-8-7-11-12(14)5-4-6-13(11)15/h4-8H,9-10,14H2,1-3H3/q+1. The zero-order chi connectivity index (χ0) is 11.8. The van der Waals surface area contributed by atoms with Gasteiger partial charge in [0.25, 0.3) is 0 Å². The minimum absolute atomic E-state index is 0.862. The van der Waals surface area contributed by atoms with Crippen LogP contribution in [-0.4, -0.2) is 36.7 Å². The lowest BCUT2D eigenvalue weighted by atomic mass is 10.2. The fraction of sp³-hybridized carbons (Fsp3) is 0.385. The first-order valence-corrected chi connectivity index (χ1v) is 5.61. The van der Waals surface area contributed by atoms with Crippen molar-refractivity contribution in [3.63, 3.8) is 0 Å². The molecule has 0 aliphatic rings. The monoisotopic (exact) mass is 218 g/mol. The molecule has 0 aliphatic carbocycles. The molecule has 0 fully saturated rings. The molecule has 0 unspecified atom stereocenters. The van der Waals surface area contributed by atoms with Crippen molar-refractivity contribution in [3.8, 4) is 0 Å². The second-order valence-corrected chi connectivity index (χ2v) is 5.30. The Hall–Kier alpha value is -1.48. The SMILES string of the molecule is C[N+](C)(C)CCn1ccc2c(N)cccc21. The summed E-state index contributed by atoms with van der Waals surface area (Å²) in [4.78, 5) is 0. The first-order chi connectivity index (χ1) is 7.47. The van der Waals surface area contributed by atoms with Gasteiger partial charge in [-0.3, -0.25) is 0 Å². The second-order valence-electron chi connectivity index (χ2n) is 5.30. The summed E-state index contributed by atoms with van der Waals surface area (Å²) < 4.78 is 3.25. The van der Waals surface area contributed by atoms with Crippen LogP contribution >= 0.6 is 0 Å². The third-order valence-electron chi connectivity index (χ3n) is 2.86. The highest BCUT2D eigenvalue weighted by molar-refractivity contribution is 5.91. The van der Waals surface area contributed by atoms with Crippen LogP contribution in [0.2, 0.25) is 0 Å². The summed E-state index contributed by atoms with van der Waals surface area (Å²) in [5, 5.41) is 1.16. The van der Waals surface area contributed by atoms with Crippen molar-refractivity contribution in [1.29, 1.82) is 0 Å². The van der Waals surface area contributed by atoms with Gasteiger partial charge >= 0.3 is 0 Å². The molecule has 3 heteroatoms. The number of aromatic nitrogens is 1. The summed E-state index contributed by atoms with van der Waals surface area (Å²) in [6, 6.07) is 8.19. The summed E-state index contributed by atoms with van der Waals surface area (Å²) >= 11 is 0. The molecule has 2 N–H and O–H groups in total. The summed E-state index contributed by atoms with van der Waals surface area (Å²) in [5.74, 6) is 0. The van der Waals surface area contributed by atoms with Crippen molar-refractivity contribution in [2.24, 2.45) is 0 Å². The van der Waals surface area contributed by atoms with Crippen LogP contribution in [-0.2, 0) is 6.54 Å². The first-order valence-electron chi connectivity index (χ1n) is 5.61. The second kappa shape index (κ2) is 3.83. The predicted octanol–water partition coefficient (Wildman–Crippen LogP) is 1.93. The molecule has 1 heterocycles. The lowest BCUT2D eigenvalue weighted by molar-refractivity contribution is -0.870. The molecule has 86 valence electrons. The van der Waals surface area contributed by atoms with E-state index in [0.29, 0.717) is 0 Å². The van der Waals surface area contributed by atoms with Crippen LogP contribution in [0.1, 0.15) is 0 Å². The molecule has 0 aliphatic heterocycles. The highest BCUT2D eigenvalue weighted by atomic mass is 15.3. The van der Waals surface area contributed by atoms with Crippen LogP contribution in [0.25, 0.3) is 10.9 Å². The van der Waals surface area contributed by atoms with E-state index in [1.54, 1.807) is 0 Å². The Labute approximate surface area is 96.7 Å². The topological polar surface area (TPSA) is 30.9 Å². The highest BCUT2D eigenvalue weighted by Crippen LogP contribution is 2.21. The number of nitrogen functional groups attached to an aromatic ring is 1. The van der Waals surface area contributed by atoms with E-state index in [9.17, 15) is 0 Å². The smallest absolute Gasteiger partial charge is 0.0962 e. The number of nitrogens with zero attached hydrogens (tertiary/aromatic N) is 2. The first kappa shape index (κ1) is 11.0. The quantitative estimate of drug-likeness (QED) is 0.619. The van der Waals surface area contributed by atoms with E-state index in [0.717, 1.165) is 28.6 Å². The van der Waals surface area contributed by atoms with Gasteiger partial charge in [-0.25, -0.2) is 0 Å². The molecule has 3 nitrogen and oxygen atoms in total. The molecule has 0 bridgehead atoms. The van der Waals surface area contributed by atoms with E-state index in [2.05, 4.69) is 44.0 Å². The van der Waals surface area contributed by atoms with E-state index in [-0.39, 0.29) is 0 Å². The molecule has 0 amide bonds. The largest absolute Gasteiger partial charge is 0.398 e. The third-order valence-corrected chi connectivity index (χ3v) is 2.86. The molecule has 1 aromatic carbocycles. The average Bonchev–Trinajstić information content (AvgIpc) is 2.58. The number of anilines is 1. The van der Waals surface area contributed by atoms with Crippen LogP contribution < -0.4 is 5.73 Å². The maximum Gasteiger partial charge on any atom is 0.0962 e. The lowest BCUT2D eigenvalue weighted by Crippen LogP contribution is -2.37. The van der Waals surface area contributed by atoms with E-state index < -0.39 is 0 Å². The average molecular weight is 218 g/mol. The minimum Gasteiger partial charge on any atom is -0.398 e. The minimum atomic E-state index is 0.862. The maximum absolute atomic E-state index is 5.93. The summed E-state index contributed by atoms with van der Waals surface area (Å²) in [5.41, 5.74) is 8.03. The molecule has 2 rings (SSSR count). The Morgan fingerprint density at radius 3 is 2.62 bits per heavy atom. The van der Waals surface area contributed by atoms with Crippen molar-refractivity contribution in [1.82, 2.24) is 4.57 Å². The van der Waals surface area contributed by atoms with Crippen molar-refractivity contribution >= 4 is 16.6 Å². The van der Waals surface area contributed by atoms with Gasteiger partial charge in [0.2, 0.25) is 0 Å². The maximum atomic E-state index is 5.93. The Balaban J connectivity index is 2.29. The van der Waals surface area contributed by atoms with Gasteiger partial charge in [0.1, 0.15) is 0 Å². The zero-order valence-electron chi connectivity index (χ0n) is 10.3. The zero-order valence-corrected chi connectivity index (χ0v) is 10.3. The fourth-order valence-corrected chi connectivity index (χ4v) is 1.85. The van der Waals surface area contributed by atoms with Gasteiger partial charge in [-0.15, -0.1) is 0 Å². The number of nitrogens with two attached hydrogens (primary N) is 1.